The third-order valence-electron chi connectivity index (χ3n) is 4.38. The molecule has 0 spiro atoms. The van der Waals surface area contributed by atoms with Gasteiger partial charge in [0.2, 0.25) is 0 Å². The van der Waals surface area contributed by atoms with Crippen LogP contribution >= 0.6 is 0 Å². The molecule has 3 rings (SSSR count). The van der Waals surface area contributed by atoms with Crippen molar-refractivity contribution in [2.24, 2.45) is 0 Å². The summed E-state index contributed by atoms with van der Waals surface area (Å²) in [7, 11) is 0. The van der Waals surface area contributed by atoms with Crippen LogP contribution in [0.1, 0.15) is 36.5 Å². The summed E-state index contributed by atoms with van der Waals surface area (Å²) in [5, 5.41) is 6.80. The zero-order valence-electron chi connectivity index (χ0n) is 15.0. The van der Waals surface area contributed by atoms with Crippen molar-refractivity contribution in [2.45, 2.75) is 39.8 Å². The lowest BCUT2D eigenvalue weighted by Gasteiger charge is -2.06. The molecule has 2 N–H and O–H groups in total. The average Bonchev–Trinajstić information content (AvgIpc) is 3.13. The van der Waals surface area contributed by atoms with Gasteiger partial charge in [-0.1, -0.05) is 38.1 Å². The molecule has 0 saturated carbocycles. The average molecular weight is 334 g/mol. The van der Waals surface area contributed by atoms with E-state index in [1.807, 2.05) is 12.1 Å². The van der Waals surface area contributed by atoms with Crippen LogP contribution in [0.3, 0.4) is 0 Å². The Balaban J connectivity index is 1.49. The molecule has 130 valence electrons. The van der Waals surface area contributed by atoms with Crippen LogP contribution in [-0.4, -0.2) is 0 Å². The summed E-state index contributed by atoms with van der Waals surface area (Å²) in [6, 6.07) is 21.2. The van der Waals surface area contributed by atoms with Crippen molar-refractivity contribution in [3.63, 3.8) is 0 Å². The molecule has 2 aromatic carbocycles. The second-order valence-electron chi connectivity index (χ2n) is 6.18. The van der Waals surface area contributed by atoms with Crippen LogP contribution in [0.5, 0.6) is 0 Å². The lowest BCUT2D eigenvalue weighted by atomic mass is 10.1. The number of hydrogen-bond donors (Lipinski definition) is 2. The highest BCUT2D eigenvalue weighted by Crippen LogP contribution is 2.15. The molecule has 1 aromatic heterocycles. The van der Waals surface area contributed by atoms with E-state index in [9.17, 15) is 0 Å². The topological polar surface area (TPSA) is 37.2 Å². The molecule has 0 saturated heterocycles. The number of benzene rings is 2. The fraction of sp³-hybridized carbons (Fsp3) is 0.273. The quantitative estimate of drug-likeness (QED) is 0.560. The monoisotopic (exact) mass is 334 g/mol. The summed E-state index contributed by atoms with van der Waals surface area (Å²) >= 11 is 0. The second kappa shape index (κ2) is 8.43. The van der Waals surface area contributed by atoms with Crippen LogP contribution in [0, 0.1) is 0 Å². The summed E-state index contributed by atoms with van der Waals surface area (Å²) in [4.78, 5) is 0. The van der Waals surface area contributed by atoms with Crippen LogP contribution < -0.4 is 10.6 Å². The smallest absolute Gasteiger partial charge is 0.123 e. The summed E-state index contributed by atoms with van der Waals surface area (Å²) in [6.07, 6.45) is 2.13. The van der Waals surface area contributed by atoms with E-state index in [-0.39, 0.29) is 0 Å². The van der Waals surface area contributed by atoms with Crippen molar-refractivity contribution >= 4 is 11.4 Å². The first-order valence-corrected chi connectivity index (χ1v) is 9.00. The van der Waals surface area contributed by atoms with Crippen molar-refractivity contribution < 1.29 is 4.42 Å². The zero-order chi connectivity index (χ0) is 17.5. The fourth-order valence-corrected chi connectivity index (χ4v) is 2.71. The maximum absolute atomic E-state index is 5.89. The van der Waals surface area contributed by atoms with Crippen molar-refractivity contribution in [3.8, 4) is 0 Å². The minimum atomic E-state index is 0.691. The number of anilines is 2. The first kappa shape index (κ1) is 17.2. The number of hydrogen-bond acceptors (Lipinski definition) is 3. The summed E-state index contributed by atoms with van der Waals surface area (Å²) < 4.78 is 5.89. The predicted molar refractivity (Wildman–Crippen MR) is 105 cm³/mol. The SMILES string of the molecule is CCc1ccc(NCc2ccc(CNc3ccc(CC)cc3)o2)cc1. The summed E-state index contributed by atoms with van der Waals surface area (Å²) in [5.41, 5.74) is 4.93. The van der Waals surface area contributed by atoms with Gasteiger partial charge < -0.3 is 15.1 Å². The number of rotatable bonds is 8. The molecule has 25 heavy (non-hydrogen) atoms. The summed E-state index contributed by atoms with van der Waals surface area (Å²) in [6.45, 7) is 5.71. The van der Waals surface area contributed by atoms with Crippen molar-refractivity contribution in [3.05, 3.63) is 83.3 Å². The standard InChI is InChI=1S/C22H26N2O/c1-3-17-5-9-19(10-6-17)23-15-21-13-14-22(25-21)16-24-20-11-7-18(4-2)8-12-20/h5-14,23-24H,3-4,15-16H2,1-2H3. The highest BCUT2D eigenvalue weighted by atomic mass is 16.3. The van der Waals surface area contributed by atoms with E-state index in [0.29, 0.717) is 13.1 Å². The first-order chi connectivity index (χ1) is 12.3. The molecule has 3 aromatic rings. The Bertz CT molecular complexity index is 707. The van der Waals surface area contributed by atoms with E-state index >= 15 is 0 Å². The van der Waals surface area contributed by atoms with E-state index in [4.69, 9.17) is 4.42 Å². The van der Waals surface area contributed by atoms with Crippen LogP contribution in [0.4, 0.5) is 11.4 Å². The third kappa shape index (κ3) is 4.90. The molecule has 3 nitrogen and oxygen atoms in total. The highest BCUT2D eigenvalue weighted by molar-refractivity contribution is 5.45. The van der Waals surface area contributed by atoms with Gasteiger partial charge in [-0.2, -0.15) is 0 Å². The van der Waals surface area contributed by atoms with Crippen molar-refractivity contribution in [2.75, 3.05) is 10.6 Å². The van der Waals surface area contributed by atoms with Gasteiger partial charge in [-0.15, -0.1) is 0 Å². The lowest BCUT2D eigenvalue weighted by Crippen LogP contribution is -1.99. The molecule has 0 radical (unpaired) electrons. The van der Waals surface area contributed by atoms with Gasteiger partial charge in [-0.05, 0) is 60.4 Å². The van der Waals surface area contributed by atoms with Gasteiger partial charge in [0.25, 0.3) is 0 Å². The van der Waals surface area contributed by atoms with Crippen molar-refractivity contribution in [1.82, 2.24) is 0 Å². The second-order valence-corrected chi connectivity index (χ2v) is 6.18. The van der Waals surface area contributed by atoms with Crippen LogP contribution in [0.2, 0.25) is 0 Å². The summed E-state index contributed by atoms with van der Waals surface area (Å²) in [5.74, 6) is 1.88. The van der Waals surface area contributed by atoms with Gasteiger partial charge in [0, 0.05) is 11.4 Å². The molecule has 0 aliphatic carbocycles. The lowest BCUT2D eigenvalue weighted by molar-refractivity contribution is 0.477. The molecule has 0 bridgehead atoms. The molecule has 0 amide bonds. The Morgan fingerprint density at radius 2 is 1.00 bits per heavy atom. The predicted octanol–water partition coefficient (Wildman–Crippen LogP) is 5.63. The molecule has 0 fully saturated rings. The molecule has 0 aliphatic rings. The van der Waals surface area contributed by atoms with E-state index < -0.39 is 0 Å². The van der Waals surface area contributed by atoms with Gasteiger partial charge in [-0.3, -0.25) is 0 Å². The maximum Gasteiger partial charge on any atom is 0.123 e. The maximum atomic E-state index is 5.89. The zero-order valence-corrected chi connectivity index (χ0v) is 15.0. The Labute approximate surface area is 150 Å². The van der Waals surface area contributed by atoms with E-state index in [1.54, 1.807) is 0 Å². The van der Waals surface area contributed by atoms with E-state index in [2.05, 4.69) is 73.0 Å². The Kier molecular flexibility index (Phi) is 5.78. The van der Waals surface area contributed by atoms with Gasteiger partial charge >= 0.3 is 0 Å². The molecule has 0 atom stereocenters. The van der Waals surface area contributed by atoms with Crippen LogP contribution in [-0.2, 0) is 25.9 Å². The number of nitrogens with one attached hydrogen (secondary N) is 2. The van der Waals surface area contributed by atoms with Gasteiger partial charge in [0.1, 0.15) is 11.5 Å². The Morgan fingerprint density at radius 1 is 0.600 bits per heavy atom. The minimum Gasteiger partial charge on any atom is -0.462 e. The minimum absolute atomic E-state index is 0.691. The largest absolute Gasteiger partial charge is 0.462 e. The molecular formula is C22H26N2O. The van der Waals surface area contributed by atoms with Crippen LogP contribution in [0.25, 0.3) is 0 Å². The highest BCUT2D eigenvalue weighted by Gasteiger charge is 2.03. The normalized spacial score (nSPS) is 10.6. The van der Waals surface area contributed by atoms with E-state index in [1.165, 1.54) is 11.1 Å². The third-order valence-corrected chi connectivity index (χ3v) is 4.38. The molecule has 1 heterocycles. The molecular weight excluding hydrogens is 308 g/mol. The van der Waals surface area contributed by atoms with Gasteiger partial charge in [0.05, 0.1) is 13.1 Å². The fourth-order valence-electron chi connectivity index (χ4n) is 2.71. The van der Waals surface area contributed by atoms with Crippen molar-refractivity contribution in [1.29, 1.82) is 0 Å². The molecule has 0 unspecified atom stereocenters. The Hall–Kier alpha value is -2.68. The first-order valence-electron chi connectivity index (χ1n) is 9.00. The van der Waals surface area contributed by atoms with Crippen LogP contribution in [0.15, 0.2) is 65.1 Å². The molecule has 3 heteroatoms. The Morgan fingerprint density at radius 3 is 1.36 bits per heavy atom. The van der Waals surface area contributed by atoms with Gasteiger partial charge in [0.15, 0.2) is 0 Å². The number of furan rings is 1. The van der Waals surface area contributed by atoms with Gasteiger partial charge in [-0.25, -0.2) is 0 Å². The van der Waals surface area contributed by atoms with E-state index in [0.717, 1.165) is 35.7 Å². The number of aryl methyl sites for hydroxylation is 2. The molecule has 0 aliphatic heterocycles.